The molecule has 1 fully saturated rings. The molecule has 14 heavy (non-hydrogen) atoms. The third kappa shape index (κ3) is 2.50. The number of nitrogens with zero attached hydrogens (tertiary/aromatic N) is 2. The van der Waals surface area contributed by atoms with Crippen molar-refractivity contribution in [2.45, 2.75) is 5.16 Å². The molecule has 2 heterocycles. The van der Waals surface area contributed by atoms with Gasteiger partial charge in [-0.1, -0.05) is 11.8 Å². The van der Waals surface area contributed by atoms with Crippen molar-refractivity contribution in [2.75, 3.05) is 18.7 Å². The minimum Gasteiger partial charge on any atom is -0.303 e. The van der Waals surface area contributed by atoms with E-state index in [9.17, 15) is 0 Å². The zero-order valence-electron chi connectivity index (χ0n) is 7.86. The van der Waals surface area contributed by atoms with E-state index in [0.717, 1.165) is 23.3 Å². The second kappa shape index (κ2) is 4.82. The summed E-state index contributed by atoms with van der Waals surface area (Å²) in [5.41, 5.74) is 0.996. The molecule has 5 heteroatoms. The molecule has 0 spiro atoms. The maximum atomic E-state index is 4.39. The van der Waals surface area contributed by atoms with Crippen molar-refractivity contribution in [3.05, 3.63) is 22.9 Å². The van der Waals surface area contributed by atoms with E-state index >= 15 is 0 Å². The first-order chi connectivity index (χ1) is 6.88. The summed E-state index contributed by atoms with van der Waals surface area (Å²) in [4.78, 5) is 9.86. The molecule has 0 radical (unpaired) electrons. The van der Waals surface area contributed by atoms with Gasteiger partial charge in [0.1, 0.15) is 0 Å². The minimum atomic E-state index is 0.829. The predicted octanol–water partition coefficient (Wildman–Crippen LogP) is 1.83. The van der Waals surface area contributed by atoms with Crippen LogP contribution in [0.1, 0.15) is 5.69 Å². The van der Waals surface area contributed by atoms with Crippen molar-refractivity contribution in [2.24, 2.45) is 0 Å². The van der Waals surface area contributed by atoms with E-state index in [0.29, 0.717) is 0 Å². The Morgan fingerprint density at radius 1 is 1.64 bits per heavy atom. The van der Waals surface area contributed by atoms with Crippen LogP contribution in [0.3, 0.4) is 0 Å². The molecule has 0 unspecified atom stereocenters. The van der Waals surface area contributed by atoms with Crippen molar-refractivity contribution < 1.29 is 0 Å². The summed E-state index contributed by atoms with van der Waals surface area (Å²) in [5, 5.41) is 4.10. The highest BCUT2D eigenvalue weighted by Crippen LogP contribution is 2.21. The van der Waals surface area contributed by atoms with Crippen LogP contribution < -0.4 is 5.32 Å². The number of thioether (sulfide) groups is 2. The van der Waals surface area contributed by atoms with Gasteiger partial charge in [-0.15, -0.1) is 11.8 Å². The molecule has 1 aliphatic heterocycles. The molecular weight excluding hydrogens is 214 g/mol. The molecule has 0 atom stereocenters. The standard InChI is InChI=1S/C9H11N3S2/c1-13-9-11-3-2-7(12-9)4-8-5-10-6-14-8/h2-4,10H,5-6H2,1H3/b8-4-. The molecule has 1 aromatic heterocycles. The van der Waals surface area contributed by atoms with Crippen LogP contribution in [0.25, 0.3) is 6.08 Å². The maximum Gasteiger partial charge on any atom is 0.187 e. The molecule has 0 bridgehead atoms. The average Bonchev–Trinajstić information content (AvgIpc) is 2.71. The molecule has 3 nitrogen and oxygen atoms in total. The Morgan fingerprint density at radius 2 is 2.57 bits per heavy atom. The highest BCUT2D eigenvalue weighted by Gasteiger charge is 2.06. The number of hydrogen-bond donors (Lipinski definition) is 1. The van der Waals surface area contributed by atoms with Crippen LogP contribution in [0.4, 0.5) is 0 Å². The minimum absolute atomic E-state index is 0.829. The fourth-order valence-corrected chi connectivity index (χ4v) is 2.32. The second-order valence-corrected chi connectivity index (χ2v) is 4.67. The lowest BCUT2D eigenvalue weighted by molar-refractivity contribution is 0.914. The lowest BCUT2D eigenvalue weighted by Gasteiger charge is -1.97. The van der Waals surface area contributed by atoms with Gasteiger partial charge in [-0.3, -0.25) is 0 Å². The molecule has 1 aliphatic rings. The second-order valence-electron chi connectivity index (χ2n) is 2.79. The van der Waals surface area contributed by atoms with E-state index in [1.807, 2.05) is 24.1 Å². The Morgan fingerprint density at radius 3 is 3.29 bits per heavy atom. The van der Waals surface area contributed by atoms with Gasteiger partial charge in [-0.05, 0) is 18.4 Å². The summed E-state index contributed by atoms with van der Waals surface area (Å²) in [7, 11) is 0. The molecule has 0 amide bonds. The van der Waals surface area contributed by atoms with Gasteiger partial charge >= 0.3 is 0 Å². The molecular formula is C9H11N3S2. The van der Waals surface area contributed by atoms with E-state index in [1.54, 1.807) is 18.0 Å². The fourth-order valence-electron chi connectivity index (χ4n) is 1.16. The first-order valence-electron chi connectivity index (χ1n) is 4.29. The Labute approximate surface area is 91.8 Å². The first-order valence-corrected chi connectivity index (χ1v) is 6.50. The van der Waals surface area contributed by atoms with Crippen LogP contribution in [0.5, 0.6) is 0 Å². The van der Waals surface area contributed by atoms with Gasteiger partial charge in [0.2, 0.25) is 0 Å². The van der Waals surface area contributed by atoms with E-state index < -0.39 is 0 Å². The summed E-state index contributed by atoms with van der Waals surface area (Å²) >= 11 is 3.40. The molecule has 0 aromatic carbocycles. The molecule has 1 aromatic rings. The quantitative estimate of drug-likeness (QED) is 0.614. The lowest BCUT2D eigenvalue weighted by Crippen LogP contribution is -2.04. The smallest absolute Gasteiger partial charge is 0.187 e. The van der Waals surface area contributed by atoms with Gasteiger partial charge < -0.3 is 5.32 Å². The molecule has 0 aliphatic carbocycles. The van der Waals surface area contributed by atoms with Gasteiger partial charge in [-0.25, -0.2) is 9.97 Å². The van der Waals surface area contributed by atoms with Crippen LogP contribution in [0.15, 0.2) is 22.3 Å². The number of rotatable bonds is 2. The van der Waals surface area contributed by atoms with E-state index in [4.69, 9.17) is 0 Å². The van der Waals surface area contributed by atoms with Crippen LogP contribution >= 0.6 is 23.5 Å². The van der Waals surface area contributed by atoms with E-state index in [1.165, 1.54) is 4.91 Å². The van der Waals surface area contributed by atoms with Crippen molar-refractivity contribution in [1.82, 2.24) is 15.3 Å². The Balaban J connectivity index is 2.19. The third-order valence-electron chi connectivity index (χ3n) is 1.81. The molecule has 1 saturated heterocycles. The molecule has 0 saturated carbocycles. The van der Waals surface area contributed by atoms with Gasteiger partial charge in [0.05, 0.1) is 5.69 Å². The van der Waals surface area contributed by atoms with Crippen LogP contribution in [0, 0.1) is 0 Å². The van der Waals surface area contributed by atoms with Gasteiger partial charge in [0, 0.05) is 23.5 Å². The van der Waals surface area contributed by atoms with Crippen LogP contribution in [-0.2, 0) is 0 Å². The van der Waals surface area contributed by atoms with Crippen molar-refractivity contribution >= 4 is 29.6 Å². The largest absolute Gasteiger partial charge is 0.303 e. The summed E-state index contributed by atoms with van der Waals surface area (Å²) in [6.45, 7) is 0.962. The van der Waals surface area contributed by atoms with E-state index in [2.05, 4.69) is 21.4 Å². The summed E-state index contributed by atoms with van der Waals surface area (Å²) < 4.78 is 0. The van der Waals surface area contributed by atoms with Crippen molar-refractivity contribution in [1.29, 1.82) is 0 Å². The zero-order chi connectivity index (χ0) is 9.80. The maximum absolute atomic E-state index is 4.39. The monoisotopic (exact) mass is 225 g/mol. The molecule has 2 rings (SSSR count). The number of aromatic nitrogens is 2. The normalized spacial score (nSPS) is 19.1. The van der Waals surface area contributed by atoms with Gasteiger partial charge in [-0.2, -0.15) is 0 Å². The topological polar surface area (TPSA) is 37.8 Å². The molecule has 1 N–H and O–H groups in total. The van der Waals surface area contributed by atoms with Gasteiger partial charge in [0.15, 0.2) is 5.16 Å². The van der Waals surface area contributed by atoms with Crippen LogP contribution in [0.2, 0.25) is 0 Å². The Kier molecular flexibility index (Phi) is 3.44. The van der Waals surface area contributed by atoms with Crippen LogP contribution in [-0.4, -0.2) is 28.6 Å². The summed E-state index contributed by atoms with van der Waals surface area (Å²) in [6.07, 6.45) is 5.91. The first kappa shape index (κ1) is 10.0. The summed E-state index contributed by atoms with van der Waals surface area (Å²) in [6, 6.07) is 1.94. The fraction of sp³-hybridized carbons (Fsp3) is 0.333. The Hall–Kier alpha value is -0.520. The predicted molar refractivity (Wildman–Crippen MR) is 62.3 cm³/mol. The van der Waals surface area contributed by atoms with Crippen molar-refractivity contribution in [3.8, 4) is 0 Å². The highest BCUT2D eigenvalue weighted by atomic mass is 32.2. The van der Waals surface area contributed by atoms with Crippen molar-refractivity contribution in [3.63, 3.8) is 0 Å². The highest BCUT2D eigenvalue weighted by molar-refractivity contribution is 8.03. The SMILES string of the molecule is CSc1nccc(/C=C2/CNCS2)n1. The van der Waals surface area contributed by atoms with E-state index in [-0.39, 0.29) is 0 Å². The van der Waals surface area contributed by atoms with Gasteiger partial charge in [0.25, 0.3) is 0 Å². The number of nitrogens with one attached hydrogen (secondary N) is 1. The third-order valence-corrected chi connectivity index (χ3v) is 3.35. The lowest BCUT2D eigenvalue weighted by atomic mass is 10.3. The number of hydrogen-bond acceptors (Lipinski definition) is 5. The summed E-state index contributed by atoms with van der Waals surface area (Å²) in [5.74, 6) is 1.01. The molecule has 74 valence electrons. The Bertz CT molecular complexity index is 344. The average molecular weight is 225 g/mol. The zero-order valence-corrected chi connectivity index (χ0v) is 9.49.